The predicted molar refractivity (Wildman–Crippen MR) is 98.1 cm³/mol. The monoisotopic (exact) mass is 344 g/mol. The summed E-state index contributed by atoms with van der Waals surface area (Å²) in [5.41, 5.74) is 4.56. The number of oxazole rings is 1. The lowest BCUT2D eigenvalue weighted by atomic mass is 10.1. The number of fused-ring (bicyclic) bond motifs is 1. The molecule has 2 aromatic carbocycles. The van der Waals surface area contributed by atoms with Crippen LogP contribution in [-0.4, -0.2) is 15.9 Å². The van der Waals surface area contributed by atoms with Crippen molar-refractivity contribution in [2.75, 3.05) is 0 Å². The van der Waals surface area contributed by atoms with Gasteiger partial charge in [-0.05, 0) is 61.4 Å². The molecule has 0 aliphatic carbocycles. The molecular weight excluding hydrogens is 328 g/mol. The van der Waals surface area contributed by atoms with Gasteiger partial charge in [-0.1, -0.05) is 12.1 Å². The molecule has 0 aliphatic heterocycles. The molecule has 0 radical (unpaired) electrons. The normalized spacial score (nSPS) is 10.8. The molecular formula is C21H16N2O3. The van der Waals surface area contributed by atoms with Crippen molar-refractivity contribution >= 4 is 17.1 Å². The second-order valence-corrected chi connectivity index (χ2v) is 6.05. The summed E-state index contributed by atoms with van der Waals surface area (Å²) in [7, 11) is 0. The summed E-state index contributed by atoms with van der Waals surface area (Å²) in [5, 5.41) is 0. The average molecular weight is 344 g/mol. The van der Waals surface area contributed by atoms with Crippen molar-refractivity contribution < 1.29 is 13.9 Å². The smallest absolute Gasteiger partial charge is 0.343 e. The number of rotatable bonds is 3. The van der Waals surface area contributed by atoms with Gasteiger partial charge in [0.2, 0.25) is 5.89 Å². The first kappa shape index (κ1) is 16.0. The maximum Gasteiger partial charge on any atom is 0.343 e. The van der Waals surface area contributed by atoms with Crippen molar-refractivity contribution in [3.63, 3.8) is 0 Å². The highest BCUT2D eigenvalue weighted by Gasteiger charge is 2.13. The fraction of sp³-hybridized carbons (Fsp3) is 0.0952. The van der Waals surface area contributed by atoms with Gasteiger partial charge >= 0.3 is 5.97 Å². The van der Waals surface area contributed by atoms with E-state index in [1.54, 1.807) is 30.5 Å². The summed E-state index contributed by atoms with van der Waals surface area (Å²) in [6.45, 7) is 3.97. The molecule has 2 heterocycles. The Kier molecular flexibility index (Phi) is 3.97. The summed E-state index contributed by atoms with van der Waals surface area (Å²) in [4.78, 5) is 21.0. The molecule has 0 fully saturated rings. The first-order chi connectivity index (χ1) is 12.6. The second kappa shape index (κ2) is 6.44. The molecule has 0 unspecified atom stereocenters. The predicted octanol–water partition coefficient (Wildman–Crippen LogP) is 4.73. The maximum atomic E-state index is 12.4. The molecule has 128 valence electrons. The Balaban J connectivity index is 1.61. The van der Waals surface area contributed by atoms with Crippen LogP contribution in [0.3, 0.4) is 0 Å². The minimum Gasteiger partial charge on any atom is -0.435 e. The van der Waals surface area contributed by atoms with E-state index in [0.29, 0.717) is 34.0 Å². The minimum absolute atomic E-state index is 0.406. The lowest BCUT2D eigenvalue weighted by Crippen LogP contribution is -2.08. The number of pyridine rings is 1. The van der Waals surface area contributed by atoms with E-state index in [1.807, 2.05) is 44.2 Å². The van der Waals surface area contributed by atoms with Crippen molar-refractivity contribution in [1.29, 1.82) is 0 Å². The van der Waals surface area contributed by atoms with Crippen LogP contribution in [0, 0.1) is 13.8 Å². The number of hydrogen-bond acceptors (Lipinski definition) is 5. The number of esters is 1. The van der Waals surface area contributed by atoms with Crippen molar-refractivity contribution in [2.24, 2.45) is 0 Å². The van der Waals surface area contributed by atoms with Crippen LogP contribution >= 0.6 is 0 Å². The van der Waals surface area contributed by atoms with Crippen LogP contribution in [0.1, 0.15) is 21.5 Å². The van der Waals surface area contributed by atoms with Crippen molar-refractivity contribution in [2.45, 2.75) is 13.8 Å². The number of hydrogen-bond donors (Lipinski definition) is 0. The van der Waals surface area contributed by atoms with Gasteiger partial charge in [-0.15, -0.1) is 0 Å². The van der Waals surface area contributed by atoms with Crippen molar-refractivity contribution in [3.05, 3.63) is 77.5 Å². The molecule has 4 rings (SSSR count). The van der Waals surface area contributed by atoms with Gasteiger partial charge in [0.1, 0.15) is 17.0 Å². The third-order valence-electron chi connectivity index (χ3n) is 4.20. The van der Waals surface area contributed by atoms with E-state index in [9.17, 15) is 4.79 Å². The Labute approximate surface area is 150 Å². The Morgan fingerprint density at radius 1 is 1.00 bits per heavy atom. The van der Waals surface area contributed by atoms with Crippen LogP contribution in [0.4, 0.5) is 0 Å². The molecule has 0 saturated heterocycles. The highest BCUT2D eigenvalue weighted by molar-refractivity contribution is 5.92. The molecule has 4 aromatic rings. The van der Waals surface area contributed by atoms with Gasteiger partial charge in [0, 0.05) is 12.3 Å². The summed E-state index contributed by atoms with van der Waals surface area (Å²) in [6.07, 6.45) is 1.68. The maximum absolute atomic E-state index is 12.4. The minimum atomic E-state index is -0.406. The van der Waals surface area contributed by atoms with E-state index < -0.39 is 5.97 Å². The SMILES string of the molecule is Cc1ccc(C(=O)Oc2ccc3nc(-c4ccccn4)oc3c2)cc1C. The quantitative estimate of drug-likeness (QED) is 0.397. The van der Waals surface area contributed by atoms with Gasteiger partial charge in [0.15, 0.2) is 5.58 Å². The second-order valence-electron chi connectivity index (χ2n) is 6.05. The lowest BCUT2D eigenvalue weighted by molar-refractivity contribution is 0.0735. The fourth-order valence-corrected chi connectivity index (χ4v) is 2.60. The number of aryl methyl sites for hydroxylation is 2. The summed E-state index contributed by atoms with van der Waals surface area (Å²) >= 11 is 0. The van der Waals surface area contributed by atoms with E-state index >= 15 is 0 Å². The van der Waals surface area contributed by atoms with Gasteiger partial charge in [0.25, 0.3) is 0 Å². The van der Waals surface area contributed by atoms with Crippen LogP contribution in [0.25, 0.3) is 22.7 Å². The molecule has 26 heavy (non-hydrogen) atoms. The van der Waals surface area contributed by atoms with Crippen LogP contribution in [0.5, 0.6) is 5.75 Å². The highest BCUT2D eigenvalue weighted by atomic mass is 16.5. The van der Waals surface area contributed by atoms with Crippen LogP contribution in [-0.2, 0) is 0 Å². The molecule has 2 aromatic heterocycles. The fourth-order valence-electron chi connectivity index (χ4n) is 2.60. The van der Waals surface area contributed by atoms with E-state index in [0.717, 1.165) is 11.1 Å². The average Bonchev–Trinajstić information content (AvgIpc) is 3.08. The zero-order chi connectivity index (χ0) is 18.1. The first-order valence-corrected chi connectivity index (χ1v) is 8.21. The third-order valence-corrected chi connectivity index (χ3v) is 4.20. The lowest BCUT2D eigenvalue weighted by Gasteiger charge is -2.06. The van der Waals surface area contributed by atoms with Gasteiger partial charge in [0.05, 0.1) is 5.56 Å². The third kappa shape index (κ3) is 3.07. The number of carbonyl (C=O) groups is 1. The highest BCUT2D eigenvalue weighted by Crippen LogP contribution is 2.26. The molecule has 0 N–H and O–H groups in total. The summed E-state index contributed by atoms with van der Waals surface area (Å²) < 4.78 is 11.2. The molecule has 0 atom stereocenters. The van der Waals surface area contributed by atoms with Gasteiger partial charge in [-0.3, -0.25) is 4.98 Å². The van der Waals surface area contributed by atoms with Gasteiger partial charge in [-0.2, -0.15) is 0 Å². The van der Waals surface area contributed by atoms with Gasteiger partial charge in [-0.25, -0.2) is 9.78 Å². The molecule has 0 aliphatic rings. The first-order valence-electron chi connectivity index (χ1n) is 8.21. The number of aromatic nitrogens is 2. The largest absolute Gasteiger partial charge is 0.435 e. The Morgan fingerprint density at radius 2 is 1.88 bits per heavy atom. The molecule has 0 saturated carbocycles. The number of ether oxygens (including phenoxy) is 1. The standard InChI is InChI=1S/C21H16N2O3/c1-13-6-7-15(11-14(13)2)21(24)25-16-8-9-17-19(12-16)26-20(23-17)18-5-3-4-10-22-18/h3-12H,1-2H3. The topological polar surface area (TPSA) is 65.2 Å². The molecule has 0 spiro atoms. The Morgan fingerprint density at radius 3 is 2.65 bits per heavy atom. The Hall–Kier alpha value is -3.47. The van der Waals surface area contributed by atoms with Crippen LogP contribution in [0.15, 0.2) is 65.2 Å². The van der Waals surface area contributed by atoms with Gasteiger partial charge < -0.3 is 9.15 Å². The Bertz CT molecular complexity index is 1100. The van der Waals surface area contributed by atoms with E-state index in [2.05, 4.69) is 9.97 Å². The van der Waals surface area contributed by atoms with E-state index in [1.165, 1.54) is 0 Å². The number of carbonyl (C=O) groups excluding carboxylic acids is 1. The summed E-state index contributed by atoms with van der Waals surface area (Å²) in [5.74, 6) is 0.430. The summed E-state index contributed by atoms with van der Waals surface area (Å²) in [6, 6.07) is 16.1. The zero-order valence-corrected chi connectivity index (χ0v) is 14.4. The molecule has 0 amide bonds. The van der Waals surface area contributed by atoms with E-state index in [4.69, 9.17) is 9.15 Å². The van der Waals surface area contributed by atoms with Crippen molar-refractivity contribution in [1.82, 2.24) is 9.97 Å². The zero-order valence-electron chi connectivity index (χ0n) is 14.4. The van der Waals surface area contributed by atoms with Crippen LogP contribution < -0.4 is 4.74 Å². The molecule has 0 bridgehead atoms. The molecule has 5 nitrogen and oxygen atoms in total. The van der Waals surface area contributed by atoms with Crippen molar-refractivity contribution in [3.8, 4) is 17.3 Å². The number of nitrogens with zero attached hydrogens (tertiary/aromatic N) is 2. The number of benzene rings is 2. The van der Waals surface area contributed by atoms with Crippen LogP contribution in [0.2, 0.25) is 0 Å². The molecule has 5 heteroatoms. The van der Waals surface area contributed by atoms with E-state index in [-0.39, 0.29) is 0 Å².